The number of nitrogens with zero attached hydrogens (tertiary/aromatic N) is 1. The third-order valence-electron chi connectivity index (χ3n) is 1.52. The van der Waals surface area contributed by atoms with Crippen molar-refractivity contribution in [2.24, 2.45) is 0 Å². The Balaban J connectivity index is 2.96. The van der Waals surface area contributed by atoms with E-state index in [1.807, 2.05) is 0 Å². The van der Waals surface area contributed by atoms with Gasteiger partial charge in [0.1, 0.15) is 11.0 Å². The molecule has 0 aromatic carbocycles. The Kier molecular flexibility index (Phi) is 3.24. The lowest BCUT2D eigenvalue weighted by atomic mass is 10.1. The lowest BCUT2D eigenvalue weighted by Crippen LogP contribution is -2.00. The van der Waals surface area contributed by atoms with Crippen LogP contribution in [0.5, 0.6) is 0 Å². The molecule has 0 bridgehead atoms. The number of aromatic nitrogens is 1. The largest absolute Gasteiger partial charge is 0.387 e. The van der Waals surface area contributed by atoms with Gasteiger partial charge in [-0.3, -0.25) is 0 Å². The fraction of sp³-hybridized carbons (Fsp3) is 0.222. The van der Waals surface area contributed by atoms with E-state index >= 15 is 0 Å². The van der Waals surface area contributed by atoms with Crippen LogP contribution in [0.3, 0.4) is 0 Å². The zero-order valence-corrected chi connectivity index (χ0v) is 7.42. The van der Waals surface area contributed by atoms with Gasteiger partial charge in [0, 0.05) is 24.2 Å². The lowest BCUT2D eigenvalue weighted by Gasteiger charge is -2.07. The topological polar surface area (TPSA) is 33.1 Å². The fourth-order valence-electron chi connectivity index (χ4n) is 0.885. The van der Waals surface area contributed by atoms with Gasteiger partial charge in [-0.2, -0.15) is 0 Å². The van der Waals surface area contributed by atoms with E-state index < -0.39 is 11.9 Å². The van der Waals surface area contributed by atoms with Crippen molar-refractivity contribution < 1.29 is 9.50 Å². The molecule has 1 N–H and O–H groups in total. The van der Waals surface area contributed by atoms with E-state index in [1.54, 1.807) is 0 Å². The summed E-state index contributed by atoms with van der Waals surface area (Å²) >= 11 is 5.43. The number of rotatable bonds is 2. The van der Waals surface area contributed by atoms with Crippen molar-refractivity contribution >= 4 is 11.6 Å². The predicted octanol–water partition coefficient (Wildman–Crippen LogP) is 1.93. The van der Waals surface area contributed by atoms with E-state index in [4.69, 9.17) is 18.0 Å². The maximum Gasteiger partial charge on any atom is 0.133 e. The molecule has 2 nitrogen and oxygen atoms in total. The normalized spacial score (nSPS) is 12.2. The second kappa shape index (κ2) is 4.22. The smallest absolute Gasteiger partial charge is 0.133 e. The Hall–Kier alpha value is -1.11. The zero-order valence-electron chi connectivity index (χ0n) is 6.67. The molecular formula is C9H7ClFNO. The minimum Gasteiger partial charge on any atom is -0.387 e. The van der Waals surface area contributed by atoms with Crippen molar-refractivity contribution in [3.05, 3.63) is 28.8 Å². The van der Waals surface area contributed by atoms with Crippen LogP contribution in [0.25, 0.3) is 0 Å². The van der Waals surface area contributed by atoms with E-state index in [0.717, 1.165) is 6.07 Å². The SMILES string of the molecule is C#CCC(O)c1cnc(Cl)cc1F. The summed E-state index contributed by atoms with van der Waals surface area (Å²) in [6.07, 6.45) is 5.19. The number of hydrogen-bond donors (Lipinski definition) is 1. The summed E-state index contributed by atoms with van der Waals surface area (Å²) in [5.41, 5.74) is 0.0716. The number of pyridine rings is 1. The van der Waals surface area contributed by atoms with Gasteiger partial charge in [0.05, 0.1) is 6.10 Å². The van der Waals surface area contributed by atoms with Crippen LogP contribution in [-0.4, -0.2) is 10.1 Å². The lowest BCUT2D eigenvalue weighted by molar-refractivity contribution is 0.178. The van der Waals surface area contributed by atoms with E-state index in [0.29, 0.717) is 0 Å². The first-order valence-corrected chi connectivity index (χ1v) is 3.95. The third kappa shape index (κ3) is 2.41. The van der Waals surface area contributed by atoms with E-state index in [-0.39, 0.29) is 17.1 Å². The second-order valence-electron chi connectivity index (χ2n) is 2.45. The molecule has 1 unspecified atom stereocenters. The summed E-state index contributed by atoms with van der Waals surface area (Å²) in [6.45, 7) is 0. The van der Waals surface area contributed by atoms with E-state index in [2.05, 4.69) is 10.9 Å². The van der Waals surface area contributed by atoms with E-state index in [1.165, 1.54) is 6.20 Å². The summed E-state index contributed by atoms with van der Waals surface area (Å²) in [4.78, 5) is 3.64. The quantitative estimate of drug-likeness (QED) is 0.583. The van der Waals surface area contributed by atoms with Crippen LogP contribution in [0.1, 0.15) is 18.1 Å². The first-order valence-electron chi connectivity index (χ1n) is 3.57. The summed E-state index contributed by atoms with van der Waals surface area (Å²) in [5, 5.41) is 9.38. The van der Waals surface area contributed by atoms with Crippen molar-refractivity contribution in [1.82, 2.24) is 4.98 Å². The Labute approximate surface area is 80.4 Å². The van der Waals surface area contributed by atoms with Gasteiger partial charge in [-0.25, -0.2) is 9.37 Å². The minimum atomic E-state index is -1.02. The molecule has 0 spiro atoms. The molecule has 1 atom stereocenters. The van der Waals surface area contributed by atoms with Crippen LogP contribution in [0.2, 0.25) is 5.15 Å². The van der Waals surface area contributed by atoms with Crippen LogP contribution in [0.4, 0.5) is 4.39 Å². The Morgan fingerprint density at radius 2 is 2.46 bits per heavy atom. The molecule has 0 aliphatic rings. The number of terminal acetylenes is 1. The predicted molar refractivity (Wildman–Crippen MR) is 47.6 cm³/mol. The number of aliphatic hydroxyl groups excluding tert-OH is 1. The number of hydrogen-bond acceptors (Lipinski definition) is 2. The van der Waals surface area contributed by atoms with Gasteiger partial charge in [-0.05, 0) is 0 Å². The summed E-state index contributed by atoms with van der Waals surface area (Å²) < 4.78 is 13.1. The summed E-state index contributed by atoms with van der Waals surface area (Å²) in [7, 11) is 0. The molecule has 1 rings (SSSR count). The average Bonchev–Trinajstić information content (AvgIpc) is 2.04. The highest BCUT2D eigenvalue weighted by Gasteiger charge is 2.12. The Morgan fingerprint density at radius 1 is 1.77 bits per heavy atom. The molecule has 1 aromatic heterocycles. The van der Waals surface area contributed by atoms with Crippen LogP contribution in [0.15, 0.2) is 12.3 Å². The molecule has 0 aliphatic carbocycles. The number of aliphatic hydroxyl groups is 1. The standard InChI is InChI=1S/C9H7ClFNO/c1-2-3-8(13)6-5-12-9(10)4-7(6)11/h1,4-5,8,13H,3H2. The average molecular weight is 200 g/mol. The monoisotopic (exact) mass is 199 g/mol. The molecule has 0 saturated heterocycles. The molecular weight excluding hydrogens is 193 g/mol. The molecule has 68 valence electrons. The molecule has 0 saturated carbocycles. The van der Waals surface area contributed by atoms with Gasteiger partial charge in [-0.1, -0.05) is 11.6 Å². The Morgan fingerprint density at radius 3 is 3.00 bits per heavy atom. The molecule has 4 heteroatoms. The maximum absolute atomic E-state index is 13.1. The van der Waals surface area contributed by atoms with Gasteiger partial charge in [0.15, 0.2) is 0 Å². The van der Waals surface area contributed by atoms with Gasteiger partial charge < -0.3 is 5.11 Å². The summed E-state index contributed by atoms with van der Waals surface area (Å²) in [6, 6.07) is 1.04. The molecule has 1 heterocycles. The van der Waals surface area contributed by atoms with Crippen LogP contribution < -0.4 is 0 Å². The van der Waals surface area contributed by atoms with Gasteiger partial charge in [0.25, 0.3) is 0 Å². The first kappa shape index (κ1) is 9.97. The molecule has 13 heavy (non-hydrogen) atoms. The van der Waals surface area contributed by atoms with E-state index in [9.17, 15) is 9.50 Å². The molecule has 0 aliphatic heterocycles. The van der Waals surface area contributed by atoms with Crippen molar-refractivity contribution in [2.75, 3.05) is 0 Å². The van der Waals surface area contributed by atoms with Crippen molar-refractivity contribution in [1.29, 1.82) is 0 Å². The van der Waals surface area contributed by atoms with Crippen LogP contribution >= 0.6 is 11.6 Å². The molecule has 1 aromatic rings. The van der Waals surface area contributed by atoms with Gasteiger partial charge in [-0.15, -0.1) is 12.3 Å². The van der Waals surface area contributed by atoms with Crippen molar-refractivity contribution in [3.63, 3.8) is 0 Å². The third-order valence-corrected chi connectivity index (χ3v) is 1.73. The highest BCUT2D eigenvalue weighted by Crippen LogP contribution is 2.20. The zero-order chi connectivity index (χ0) is 9.84. The molecule has 0 amide bonds. The highest BCUT2D eigenvalue weighted by atomic mass is 35.5. The van der Waals surface area contributed by atoms with Crippen LogP contribution in [-0.2, 0) is 0 Å². The van der Waals surface area contributed by atoms with Crippen LogP contribution in [0, 0.1) is 18.2 Å². The first-order chi connectivity index (χ1) is 6.15. The number of halogens is 2. The Bertz CT molecular complexity index is 348. The molecule has 0 radical (unpaired) electrons. The summed E-state index contributed by atoms with van der Waals surface area (Å²) in [5.74, 6) is 1.64. The fourth-order valence-corrected chi connectivity index (χ4v) is 1.03. The second-order valence-corrected chi connectivity index (χ2v) is 2.84. The maximum atomic E-state index is 13.1. The molecule has 0 fully saturated rings. The van der Waals surface area contributed by atoms with Crippen molar-refractivity contribution in [2.45, 2.75) is 12.5 Å². The minimum absolute atomic E-state index is 0.0501. The van der Waals surface area contributed by atoms with Crippen molar-refractivity contribution in [3.8, 4) is 12.3 Å². The van der Waals surface area contributed by atoms with Gasteiger partial charge >= 0.3 is 0 Å². The highest BCUT2D eigenvalue weighted by molar-refractivity contribution is 6.29. The van der Waals surface area contributed by atoms with Gasteiger partial charge in [0.2, 0.25) is 0 Å².